The lowest BCUT2D eigenvalue weighted by Gasteiger charge is -2.51. The molecule has 0 radical (unpaired) electrons. The molecule has 0 rings (SSSR count). The van der Waals surface area contributed by atoms with Crippen LogP contribution in [0.15, 0.2) is 0 Å². The van der Waals surface area contributed by atoms with Crippen LogP contribution < -0.4 is 0 Å². The van der Waals surface area contributed by atoms with Gasteiger partial charge in [0.2, 0.25) is 0 Å². The average Bonchev–Trinajstić information content (AvgIpc) is 1.84. The van der Waals surface area contributed by atoms with Crippen molar-refractivity contribution in [3.8, 4) is 0 Å². The van der Waals surface area contributed by atoms with Crippen LogP contribution in [-0.4, -0.2) is 37.2 Å². The van der Waals surface area contributed by atoms with Gasteiger partial charge in [-0.1, -0.05) is 22.6 Å². The molecule has 0 aliphatic carbocycles. The Morgan fingerprint density at radius 3 is 1.00 bits per heavy atom. The summed E-state index contributed by atoms with van der Waals surface area (Å²) in [4.78, 5) is 0. The van der Waals surface area contributed by atoms with Gasteiger partial charge in [0.1, 0.15) is 0 Å². The Hall–Kier alpha value is 0.600. The van der Waals surface area contributed by atoms with Crippen LogP contribution in [0.4, 0.5) is 0 Å². The molecule has 0 spiro atoms. The molecule has 6 heteroatoms. The fourth-order valence-electron chi connectivity index (χ4n) is 3.20. The van der Waals surface area contributed by atoms with E-state index in [4.69, 9.17) is 0 Å². The van der Waals surface area contributed by atoms with Gasteiger partial charge in [0.05, 0.1) is 3.55 Å². The van der Waals surface area contributed by atoms with Gasteiger partial charge in [-0.15, -0.1) is 0 Å². The quantitative estimate of drug-likeness (QED) is 0.377. The number of alkyl halides is 1. The molecule has 4 nitrogen and oxygen atoms in total. The maximum Gasteiger partial charge on any atom is 0.284 e. The van der Waals surface area contributed by atoms with E-state index >= 15 is 0 Å². The van der Waals surface area contributed by atoms with E-state index < -0.39 is 30.4 Å². The van der Waals surface area contributed by atoms with Gasteiger partial charge in [-0.3, -0.25) is 0 Å². The molecule has 128 valence electrons. The molecule has 0 aromatic heterocycles. The molecular formula is C15H33IN2O2S. The van der Waals surface area contributed by atoms with E-state index in [1.54, 1.807) is 8.61 Å². The zero-order valence-electron chi connectivity index (χ0n) is 15.5. The van der Waals surface area contributed by atoms with Crippen molar-refractivity contribution < 1.29 is 8.42 Å². The molecule has 0 aliphatic heterocycles. The number of halogens is 1. The van der Waals surface area contributed by atoms with Crippen molar-refractivity contribution in [1.82, 2.24) is 8.61 Å². The smallest absolute Gasteiger partial charge is 0.195 e. The lowest BCUT2D eigenvalue weighted by Crippen LogP contribution is -2.65. The minimum atomic E-state index is -3.63. The number of hydrogen-bond acceptors (Lipinski definition) is 2. The van der Waals surface area contributed by atoms with Gasteiger partial charge in [0, 0.05) is 16.6 Å². The minimum Gasteiger partial charge on any atom is -0.195 e. The summed E-state index contributed by atoms with van der Waals surface area (Å²) in [7, 11) is -3.63. The third kappa shape index (κ3) is 5.32. The second kappa shape index (κ2) is 5.91. The third-order valence-corrected chi connectivity index (χ3v) is 6.60. The van der Waals surface area contributed by atoms with E-state index in [1.165, 1.54) is 0 Å². The topological polar surface area (TPSA) is 40.6 Å². The molecule has 0 saturated carbocycles. The molecule has 0 aromatic rings. The van der Waals surface area contributed by atoms with E-state index in [-0.39, 0.29) is 0 Å². The predicted octanol–water partition coefficient (Wildman–Crippen LogP) is 4.40. The Morgan fingerprint density at radius 1 is 0.619 bits per heavy atom. The summed E-state index contributed by atoms with van der Waals surface area (Å²) >= 11 is 2.20. The van der Waals surface area contributed by atoms with Crippen LogP contribution in [0.1, 0.15) is 76.2 Å². The van der Waals surface area contributed by atoms with Crippen LogP contribution in [-0.2, 0) is 10.2 Å². The first kappa shape index (κ1) is 21.6. The molecule has 0 heterocycles. The zero-order valence-corrected chi connectivity index (χ0v) is 18.5. The number of hydrogen-bond donors (Lipinski definition) is 0. The predicted molar refractivity (Wildman–Crippen MR) is 100.0 cm³/mol. The lowest BCUT2D eigenvalue weighted by atomic mass is 10.0. The van der Waals surface area contributed by atoms with Crippen molar-refractivity contribution in [2.75, 3.05) is 0 Å². The first-order chi connectivity index (χ1) is 8.73. The van der Waals surface area contributed by atoms with Crippen molar-refractivity contribution in [3.05, 3.63) is 0 Å². The first-order valence-corrected chi connectivity index (χ1v) is 9.76. The summed E-state index contributed by atoms with van der Waals surface area (Å²) in [5.74, 6) is 0. The van der Waals surface area contributed by atoms with Crippen LogP contribution in [0, 0.1) is 0 Å². The van der Waals surface area contributed by atoms with Gasteiger partial charge in [-0.25, -0.2) is 0 Å². The standard InChI is InChI=1S/C15H33IN2O2S/c1-12(2,3)17(13(4,5)6)21(19,20)18(14(7,8)9)15(10,11)16/h1-11H3. The van der Waals surface area contributed by atoms with Gasteiger partial charge < -0.3 is 0 Å². The molecule has 0 aromatic carbocycles. The second-order valence-electron chi connectivity index (χ2n) is 8.96. The van der Waals surface area contributed by atoms with Crippen LogP contribution >= 0.6 is 22.6 Å². The Balaban J connectivity index is 6.37. The van der Waals surface area contributed by atoms with Crippen molar-refractivity contribution in [2.45, 2.75) is 96.3 Å². The van der Waals surface area contributed by atoms with Crippen LogP contribution in [0.5, 0.6) is 0 Å². The average molecular weight is 432 g/mol. The van der Waals surface area contributed by atoms with Crippen molar-refractivity contribution >= 4 is 32.8 Å². The highest BCUT2D eigenvalue weighted by molar-refractivity contribution is 14.1. The van der Waals surface area contributed by atoms with Gasteiger partial charge in [0.15, 0.2) is 0 Å². The summed E-state index contributed by atoms with van der Waals surface area (Å²) in [6.45, 7) is 21.3. The normalized spacial score (nSPS) is 15.9. The second-order valence-corrected chi connectivity index (χ2v) is 13.2. The van der Waals surface area contributed by atoms with Crippen molar-refractivity contribution in [2.24, 2.45) is 0 Å². The maximum absolute atomic E-state index is 13.5. The lowest BCUT2D eigenvalue weighted by molar-refractivity contribution is 0.105. The monoisotopic (exact) mass is 432 g/mol. The number of nitrogens with zero attached hydrogens (tertiary/aromatic N) is 2. The summed E-state index contributed by atoms with van der Waals surface area (Å²) in [5.41, 5.74) is -1.50. The van der Waals surface area contributed by atoms with Gasteiger partial charge in [0.25, 0.3) is 10.2 Å². The van der Waals surface area contributed by atoms with Gasteiger partial charge in [-0.2, -0.15) is 17.0 Å². The highest BCUT2D eigenvalue weighted by Crippen LogP contribution is 2.39. The summed E-state index contributed by atoms with van der Waals surface area (Å²) in [6.07, 6.45) is 0. The molecule has 0 bridgehead atoms. The van der Waals surface area contributed by atoms with Crippen molar-refractivity contribution in [3.63, 3.8) is 0 Å². The summed E-state index contributed by atoms with van der Waals surface area (Å²) in [6, 6.07) is 0. The Labute approximate surface area is 146 Å². The minimum absolute atomic E-state index is 0.498. The van der Waals surface area contributed by atoms with Crippen LogP contribution in [0.3, 0.4) is 0 Å². The summed E-state index contributed by atoms with van der Waals surface area (Å²) in [5, 5.41) is 0. The molecule has 21 heavy (non-hydrogen) atoms. The Morgan fingerprint density at radius 2 is 0.857 bits per heavy atom. The van der Waals surface area contributed by atoms with Gasteiger partial charge >= 0.3 is 0 Å². The molecular weight excluding hydrogens is 399 g/mol. The molecule has 0 aliphatic rings. The molecule has 0 atom stereocenters. The van der Waals surface area contributed by atoms with Gasteiger partial charge in [-0.05, 0) is 76.2 Å². The van der Waals surface area contributed by atoms with Crippen molar-refractivity contribution in [1.29, 1.82) is 0 Å². The van der Waals surface area contributed by atoms with Crippen LogP contribution in [0.2, 0.25) is 0 Å². The van der Waals surface area contributed by atoms with E-state index in [9.17, 15) is 8.42 Å². The maximum atomic E-state index is 13.5. The van der Waals surface area contributed by atoms with E-state index in [0.29, 0.717) is 0 Å². The Bertz CT molecular complexity index is 394. The SMILES string of the molecule is CC(C)(C)N(C(C)(C)C)S(=O)(=O)N(C(C)(C)C)C(C)(C)I. The Kier molecular flexibility index (Phi) is 6.08. The number of rotatable bonds is 3. The van der Waals surface area contributed by atoms with Crippen LogP contribution in [0.25, 0.3) is 0 Å². The summed E-state index contributed by atoms with van der Waals surface area (Å²) < 4.78 is 29.6. The molecule has 0 N–H and O–H groups in total. The zero-order chi connectivity index (χ0) is 17.7. The fourth-order valence-corrected chi connectivity index (χ4v) is 7.46. The first-order valence-electron chi connectivity index (χ1n) is 7.28. The third-order valence-electron chi connectivity index (χ3n) is 2.77. The molecule has 0 amide bonds. The molecule has 0 unspecified atom stereocenters. The van der Waals surface area contributed by atoms with E-state index in [0.717, 1.165) is 0 Å². The molecule has 0 fully saturated rings. The highest BCUT2D eigenvalue weighted by atomic mass is 127. The van der Waals surface area contributed by atoms with E-state index in [2.05, 4.69) is 22.6 Å². The largest absolute Gasteiger partial charge is 0.284 e. The molecule has 0 saturated heterocycles. The fraction of sp³-hybridized carbons (Fsp3) is 1.00. The highest BCUT2D eigenvalue weighted by Gasteiger charge is 2.51. The van der Waals surface area contributed by atoms with E-state index in [1.807, 2.05) is 76.2 Å².